The van der Waals surface area contributed by atoms with Gasteiger partial charge >= 0.3 is 0 Å². The lowest BCUT2D eigenvalue weighted by molar-refractivity contribution is 0.0236. The van der Waals surface area contributed by atoms with Crippen molar-refractivity contribution in [3.05, 3.63) is 22.8 Å². The average molecular weight is 298 g/mol. The Morgan fingerprint density at radius 3 is 2.40 bits per heavy atom. The van der Waals surface area contributed by atoms with E-state index in [9.17, 15) is 8.42 Å². The standard InChI is InChI=1S/C14H22N2O3S/c1-8-5-13(15)10(3)14(9(8)2)20(17,18)16-11-6-12(7-11)19-4/h5,11-12,16H,6-7,15H2,1-4H3. The van der Waals surface area contributed by atoms with Gasteiger partial charge in [-0.15, -0.1) is 0 Å². The van der Waals surface area contributed by atoms with Gasteiger partial charge in [0.25, 0.3) is 0 Å². The fraction of sp³-hybridized carbons (Fsp3) is 0.571. The molecular weight excluding hydrogens is 276 g/mol. The van der Waals surface area contributed by atoms with E-state index >= 15 is 0 Å². The van der Waals surface area contributed by atoms with Gasteiger partial charge in [-0.2, -0.15) is 0 Å². The van der Waals surface area contributed by atoms with Crippen molar-refractivity contribution in [2.45, 2.75) is 50.7 Å². The van der Waals surface area contributed by atoms with Crippen LogP contribution in [0.2, 0.25) is 0 Å². The van der Waals surface area contributed by atoms with Gasteiger partial charge in [0.1, 0.15) is 0 Å². The topological polar surface area (TPSA) is 81.4 Å². The summed E-state index contributed by atoms with van der Waals surface area (Å²) in [6.07, 6.45) is 1.59. The van der Waals surface area contributed by atoms with E-state index in [0.717, 1.165) is 24.0 Å². The molecule has 0 unspecified atom stereocenters. The third-order valence-electron chi connectivity index (χ3n) is 4.10. The van der Waals surface area contributed by atoms with Gasteiger partial charge in [-0.25, -0.2) is 13.1 Å². The largest absolute Gasteiger partial charge is 0.398 e. The van der Waals surface area contributed by atoms with Gasteiger partial charge in [0, 0.05) is 18.8 Å². The monoisotopic (exact) mass is 298 g/mol. The molecule has 0 bridgehead atoms. The number of rotatable bonds is 4. The van der Waals surface area contributed by atoms with Crippen molar-refractivity contribution in [3.8, 4) is 0 Å². The second-order valence-corrected chi connectivity index (χ2v) is 7.16. The lowest BCUT2D eigenvalue weighted by atomic mass is 9.90. The van der Waals surface area contributed by atoms with E-state index in [4.69, 9.17) is 10.5 Å². The van der Waals surface area contributed by atoms with Crippen LogP contribution in [0.3, 0.4) is 0 Å². The Balaban J connectivity index is 2.31. The molecule has 6 heteroatoms. The van der Waals surface area contributed by atoms with Crippen LogP contribution in [0.15, 0.2) is 11.0 Å². The minimum absolute atomic E-state index is 0.0505. The Kier molecular flexibility index (Phi) is 4.09. The Hall–Kier alpha value is -1.11. The maximum absolute atomic E-state index is 12.6. The molecule has 0 amide bonds. The molecule has 1 saturated carbocycles. The molecule has 1 aliphatic rings. The number of nitrogens with one attached hydrogen (secondary N) is 1. The molecule has 0 aliphatic heterocycles. The van der Waals surface area contributed by atoms with Crippen molar-refractivity contribution in [1.29, 1.82) is 0 Å². The molecule has 0 saturated heterocycles. The molecule has 0 radical (unpaired) electrons. The van der Waals surface area contributed by atoms with Gasteiger partial charge in [0.2, 0.25) is 10.0 Å². The summed E-state index contributed by atoms with van der Waals surface area (Å²) in [5.74, 6) is 0. The van der Waals surface area contributed by atoms with Crippen LogP contribution in [0.1, 0.15) is 29.5 Å². The van der Waals surface area contributed by atoms with Gasteiger partial charge < -0.3 is 10.5 Å². The van der Waals surface area contributed by atoms with E-state index < -0.39 is 10.0 Å². The summed E-state index contributed by atoms with van der Waals surface area (Å²) >= 11 is 0. The Morgan fingerprint density at radius 1 is 1.25 bits per heavy atom. The van der Waals surface area contributed by atoms with Crippen LogP contribution in [-0.2, 0) is 14.8 Å². The fourth-order valence-corrected chi connectivity index (χ4v) is 4.41. The van der Waals surface area contributed by atoms with Crippen LogP contribution in [-0.4, -0.2) is 27.7 Å². The third kappa shape index (κ3) is 2.68. The number of hydrogen-bond acceptors (Lipinski definition) is 4. The molecule has 1 aromatic rings. The number of nitrogen functional groups attached to an aromatic ring is 1. The molecule has 5 nitrogen and oxygen atoms in total. The summed E-state index contributed by atoms with van der Waals surface area (Å²) in [7, 11) is -1.90. The smallest absolute Gasteiger partial charge is 0.241 e. The summed E-state index contributed by atoms with van der Waals surface area (Å²) in [6, 6.07) is 1.76. The zero-order valence-electron chi connectivity index (χ0n) is 12.4. The van der Waals surface area contributed by atoms with Crippen LogP contribution < -0.4 is 10.5 Å². The number of sulfonamides is 1. The van der Waals surface area contributed by atoms with Crippen LogP contribution in [0, 0.1) is 20.8 Å². The molecule has 3 N–H and O–H groups in total. The Labute approximate surface area is 120 Å². The van der Waals surface area contributed by atoms with E-state index in [1.165, 1.54) is 0 Å². The van der Waals surface area contributed by atoms with E-state index in [1.807, 2.05) is 19.9 Å². The first-order chi connectivity index (χ1) is 9.26. The van der Waals surface area contributed by atoms with Crippen LogP contribution >= 0.6 is 0 Å². The van der Waals surface area contributed by atoms with E-state index in [0.29, 0.717) is 16.1 Å². The highest BCUT2D eigenvalue weighted by Crippen LogP contribution is 2.30. The molecular formula is C14H22N2O3S. The van der Waals surface area contributed by atoms with Crippen molar-refractivity contribution in [3.63, 3.8) is 0 Å². The average Bonchev–Trinajstić information content (AvgIpc) is 2.30. The molecule has 0 aromatic heterocycles. The lowest BCUT2D eigenvalue weighted by Crippen LogP contribution is -2.47. The zero-order valence-corrected chi connectivity index (χ0v) is 13.2. The first-order valence-electron chi connectivity index (χ1n) is 6.67. The quantitative estimate of drug-likeness (QED) is 0.828. The summed E-state index contributed by atoms with van der Waals surface area (Å²) in [5.41, 5.74) is 8.66. The predicted octanol–water partition coefficient (Wildman–Crippen LogP) is 1.65. The van der Waals surface area contributed by atoms with Gasteiger partial charge in [-0.05, 0) is 56.4 Å². The second-order valence-electron chi connectivity index (χ2n) is 5.51. The lowest BCUT2D eigenvalue weighted by Gasteiger charge is -2.34. The summed E-state index contributed by atoms with van der Waals surface area (Å²) in [6.45, 7) is 5.43. The Bertz CT molecular complexity index is 594. The molecule has 0 atom stereocenters. The first-order valence-corrected chi connectivity index (χ1v) is 8.16. The van der Waals surface area contributed by atoms with Crippen molar-refractivity contribution in [2.75, 3.05) is 12.8 Å². The number of anilines is 1. The number of aryl methyl sites for hydroxylation is 1. The van der Waals surface area contributed by atoms with Crippen LogP contribution in [0.4, 0.5) is 5.69 Å². The number of nitrogens with two attached hydrogens (primary N) is 1. The minimum Gasteiger partial charge on any atom is -0.398 e. The minimum atomic E-state index is -3.54. The van der Waals surface area contributed by atoms with Crippen molar-refractivity contribution >= 4 is 15.7 Å². The van der Waals surface area contributed by atoms with Crippen molar-refractivity contribution < 1.29 is 13.2 Å². The summed E-state index contributed by atoms with van der Waals surface area (Å²) in [5, 5.41) is 0. The highest BCUT2D eigenvalue weighted by Gasteiger charge is 2.34. The zero-order chi connectivity index (χ0) is 15.1. The van der Waals surface area contributed by atoms with Gasteiger partial charge in [0.15, 0.2) is 0 Å². The molecule has 0 heterocycles. The third-order valence-corrected chi connectivity index (χ3v) is 5.89. The van der Waals surface area contributed by atoms with Crippen LogP contribution in [0.5, 0.6) is 0 Å². The molecule has 112 valence electrons. The molecule has 0 spiro atoms. The summed E-state index contributed by atoms with van der Waals surface area (Å²) in [4.78, 5) is 0.316. The van der Waals surface area contributed by atoms with Crippen LogP contribution in [0.25, 0.3) is 0 Å². The first kappa shape index (κ1) is 15.3. The molecule has 1 aromatic carbocycles. The molecule has 1 fully saturated rings. The number of hydrogen-bond donors (Lipinski definition) is 2. The number of benzene rings is 1. The SMILES string of the molecule is COC1CC(NS(=O)(=O)c2c(C)c(C)cc(N)c2C)C1. The number of ether oxygens (including phenoxy) is 1. The second kappa shape index (κ2) is 5.35. The predicted molar refractivity (Wildman–Crippen MR) is 79.2 cm³/mol. The van der Waals surface area contributed by atoms with E-state index in [2.05, 4.69) is 4.72 Å². The highest BCUT2D eigenvalue weighted by atomic mass is 32.2. The normalized spacial score (nSPS) is 22.6. The fourth-order valence-electron chi connectivity index (χ4n) is 2.58. The molecule has 1 aliphatic carbocycles. The maximum atomic E-state index is 12.6. The van der Waals surface area contributed by atoms with Crippen molar-refractivity contribution in [2.24, 2.45) is 0 Å². The van der Waals surface area contributed by atoms with Crippen molar-refractivity contribution in [1.82, 2.24) is 4.72 Å². The van der Waals surface area contributed by atoms with Gasteiger partial charge in [-0.3, -0.25) is 0 Å². The Morgan fingerprint density at radius 2 is 1.85 bits per heavy atom. The summed E-state index contributed by atoms with van der Waals surface area (Å²) < 4.78 is 33.1. The van der Waals surface area contributed by atoms with Gasteiger partial charge in [0.05, 0.1) is 11.0 Å². The molecule has 2 rings (SSSR count). The van der Waals surface area contributed by atoms with E-state index in [-0.39, 0.29) is 12.1 Å². The molecule has 20 heavy (non-hydrogen) atoms. The highest BCUT2D eigenvalue weighted by molar-refractivity contribution is 7.89. The van der Waals surface area contributed by atoms with E-state index in [1.54, 1.807) is 14.0 Å². The number of methoxy groups -OCH3 is 1. The maximum Gasteiger partial charge on any atom is 0.241 e. The van der Waals surface area contributed by atoms with Gasteiger partial charge in [-0.1, -0.05) is 0 Å².